The maximum atomic E-state index is 12.5. The zero-order valence-corrected chi connectivity index (χ0v) is 18.3. The third-order valence-electron chi connectivity index (χ3n) is 4.80. The molecule has 7 heteroatoms. The highest BCUT2D eigenvalue weighted by molar-refractivity contribution is 7.09. The number of rotatable bonds is 7. The van der Waals surface area contributed by atoms with Crippen LogP contribution in [-0.4, -0.2) is 24.1 Å². The van der Waals surface area contributed by atoms with Crippen LogP contribution in [0.3, 0.4) is 0 Å². The molecule has 4 rings (SSSR count). The van der Waals surface area contributed by atoms with Gasteiger partial charge in [0.1, 0.15) is 25.6 Å². The number of para-hydroxylation sites is 1. The molecule has 1 atom stereocenters. The van der Waals surface area contributed by atoms with Gasteiger partial charge in [0, 0.05) is 17.0 Å². The minimum absolute atomic E-state index is 0.174. The lowest BCUT2D eigenvalue weighted by Gasteiger charge is -2.20. The predicted octanol–water partition coefficient (Wildman–Crippen LogP) is 4.69. The highest BCUT2D eigenvalue weighted by Gasteiger charge is 2.15. The third-order valence-corrected chi connectivity index (χ3v) is 5.62. The van der Waals surface area contributed by atoms with Crippen LogP contribution in [0.2, 0.25) is 0 Å². The van der Waals surface area contributed by atoms with E-state index >= 15 is 0 Å². The molecule has 0 bridgehead atoms. The van der Waals surface area contributed by atoms with Crippen molar-refractivity contribution in [2.75, 3.05) is 13.2 Å². The average Bonchev–Trinajstić information content (AvgIpc) is 3.21. The predicted molar refractivity (Wildman–Crippen MR) is 121 cm³/mol. The molecule has 1 N–H and O–H groups in total. The van der Waals surface area contributed by atoms with E-state index in [1.54, 1.807) is 17.4 Å². The highest BCUT2D eigenvalue weighted by atomic mass is 32.1. The maximum absolute atomic E-state index is 12.5. The fraction of sp³-hybridized carbons (Fsp3) is 0.250. The van der Waals surface area contributed by atoms with E-state index in [-0.39, 0.29) is 11.9 Å². The zero-order valence-electron chi connectivity index (χ0n) is 17.5. The van der Waals surface area contributed by atoms with E-state index in [0.717, 1.165) is 27.6 Å². The second-order valence-electron chi connectivity index (χ2n) is 7.15. The first-order valence-corrected chi connectivity index (χ1v) is 11.0. The number of aryl methyl sites for hydroxylation is 1. The first kappa shape index (κ1) is 20.9. The Morgan fingerprint density at radius 1 is 1.23 bits per heavy atom. The maximum Gasteiger partial charge on any atom is 0.244 e. The molecule has 0 saturated carbocycles. The summed E-state index contributed by atoms with van der Waals surface area (Å²) in [5, 5.41) is 5.98. The summed E-state index contributed by atoms with van der Waals surface area (Å²) in [6.45, 7) is 5.38. The summed E-state index contributed by atoms with van der Waals surface area (Å²) in [4.78, 5) is 16.9. The van der Waals surface area contributed by atoms with E-state index < -0.39 is 0 Å². The van der Waals surface area contributed by atoms with Crippen molar-refractivity contribution in [2.24, 2.45) is 0 Å². The molecule has 1 unspecified atom stereocenters. The first-order valence-electron chi connectivity index (χ1n) is 10.1. The molecule has 3 aromatic rings. The van der Waals surface area contributed by atoms with E-state index in [9.17, 15) is 4.79 Å². The van der Waals surface area contributed by atoms with Crippen LogP contribution in [0.25, 0.3) is 6.08 Å². The highest BCUT2D eigenvalue weighted by Crippen LogP contribution is 2.32. The Labute approximate surface area is 185 Å². The smallest absolute Gasteiger partial charge is 0.244 e. The Hall–Kier alpha value is -3.32. The number of carbonyl (C=O) groups excluding carboxylic acids is 1. The van der Waals surface area contributed by atoms with E-state index in [0.29, 0.717) is 31.3 Å². The molecule has 1 aromatic heterocycles. The number of aromatic nitrogens is 1. The summed E-state index contributed by atoms with van der Waals surface area (Å²) >= 11 is 1.60. The van der Waals surface area contributed by atoms with Crippen LogP contribution in [-0.2, 0) is 11.4 Å². The zero-order chi connectivity index (χ0) is 21.6. The van der Waals surface area contributed by atoms with Crippen molar-refractivity contribution in [3.8, 4) is 17.2 Å². The van der Waals surface area contributed by atoms with Crippen molar-refractivity contribution in [3.63, 3.8) is 0 Å². The Balaban J connectivity index is 1.37. The van der Waals surface area contributed by atoms with Gasteiger partial charge in [0.05, 0.1) is 16.7 Å². The molecule has 2 heterocycles. The Bertz CT molecular complexity index is 1090. The summed E-state index contributed by atoms with van der Waals surface area (Å²) in [7, 11) is 0. The van der Waals surface area contributed by atoms with Crippen molar-refractivity contribution in [1.82, 2.24) is 10.3 Å². The van der Waals surface area contributed by atoms with Gasteiger partial charge in [-0.15, -0.1) is 11.3 Å². The van der Waals surface area contributed by atoms with Crippen LogP contribution in [0.1, 0.15) is 34.8 Å². The van der Waals surface area contributed by atoms with E-state index in [2.05, 4.69) is 10.3 Å². The Morgan fingerprint density at radius 3 is 2.84 bits per heavy atom. The Morgan fingerprint density at radius 2 is 2.03 bits per heavy atom. The molecule has 2 aromatic carbocycles. The minimum atomic E-state index is -0.188. The summed E-state index contributed by atoms with van der Waals surface area (Å²) in [6.07, 6.45) is 3.27. The number of amides is 1. The van der Waals surface area contributed by atoms with Crippen molar-refractivity contribution >= 4 is 23.3 Å². The number of thiazole rings is 1. The molecule has 1 aliphatic rings. The normalized spacial score (nSPS) is 13.7. The van der Waals surface area contributed by atoms with Crippen molar-refractivity contribution in [3.05, 3.63) is 75.7 Å². The number of ether oxygens (including phenoxy) is 3. The average molecular weight is 437 g/mol. The number of nitrogens with zero attached hydrogens (tertiary/aromatic N) is 1. The molecule has 0 spiro atoms. The van der Waals surface area contributed by atoms with Crippen LogP contribution in [0.4, 0.5) is 0 Å². The van der Waals surface area contributed by atoms with Gasteiger partial charge in [-0.05, 0) is 43.7 Å². The molecule has 0 fully saturated rings. The van der Waals surface area contributed by atoms with Crippen LogP contribution in [0, 0.1) is 6.92 Å². The van der Waals surface area contributed by atoms with E-state index in [1.807, 2.05) is 61.7 Å². The van der Waals surface area contributed by atoms with Gasteiger partial charge < -0.3 is 19.5 Å². The second-order valence-corrected chi connectivity index (χ2v) is 8.21. The molecule has 0 saturated heterocycles. The van der Waals surface area contributed by atoms with Crippen LogP contribution in [0.15, 0.2) is 53.9 Å². The van der Waals surface area contributed by atoms with Crippen molar-refractivity contribution in [2.45, 2.75) is 26.5 Å². The Kier molecular flexibility index (Phi) is 6.52. The molecule has 1 amide bonds. The van der Waals surface area contributed by atoms with Gasteiger partial charge in [0.2, 0.25) is 5.91 Å². The van der Waals surface area contributed by atoms with Crippen LogP contribution in [0.5, 0.6) is 17.2 Å². The fourth-order valence-electron chi connectivity index (χ4n) is 3.22. The van der Waals surface area contributed by atoms with Gasteiger partial charge >= 0.3 is 0 Å². The van der Waals surface area contributed by atoms with Gasteiger partial charge in [-0.3, -0.25) is 4.79 Å². The summed E-state index contributed by atoms with van der Waals surface area (Å²) in [5.41, 5.74) is 2.68. The topological polar surface area (TPSA) is 69.7 Å². The van der Waals surface area contributed by atoms with Crippen molar-refractivity contribution < 1.29 is 19.0 Å². The summed E-state index contributed by atoms with van der Waals surface area (Å²) in [6, 6.07) is 13.2. The lowest BCUT2D eigenvalue weighted by atomic mass is 10.1. The van der Waals surface area contributed by atoms with Gasteiger partial charge in [0.15, 0.2) is 11.5 Å². The van der Waals surface area contributed by atoms with Gasteiger partial charge in [-0.25, -0.2) is 4.98 Å². The number of benzene rings is 2. The van der Waals surface area contributed by atoms with E-state index in [4.69, 9.17) is 14.2 Å². The molecule has 0 aliphatic carbocycles. The number of hydrogen-bond donors (Lipinski definition) is 1. The molecule has 1 aliphatic heterocycles. The number of hydrogen-bond acceptors (Lipinski definition) is 6. The SMILES string of the molecule is Cc1nc(COc2ccccc2/C=C/C(=O)NC(C)c2ccc3c(c2)OCCO3)cs1. The van der Waals surface area contributed by atoms with Gasteiger partial charge in [0.25, 0.3) is 0 Å². The number of fused-ring (bicyclic) bond motifs is 1. The molecule has 0 radical (unpaired) electrons. The first-order chi connectivity index (χ1) is 15.1. The molecular formula is C24H24N2O4S. The molecule has 160 valence electrons. The molecule has 31 heavy (non-hydrogen) atoms. The van der Waals surface area contributed by atoms with E-state index in [1.165, 1.54) is 6.08 Å². The lowest BCUT2D eigenvalue weighted by molar-refractivity contribution is -0.117. The monoisotopic (exact) mass is 436 g/mol. The largest absolute Gasteiger partial charge is 0.487 e. The minimum Gasteiger partial charge on any atom is -0.487 e. The fourth-order valence-corrected chi connectivity index (χ4v) is 3.81. The van der Waals surface area contributed by atoms with Crippen LogP contribution >= 0.6 is 11.3 Å². The lowest BCUT2D eigenvalue weighted by Crippen LogP contribution is -2.25. The number of carbonyl (C=O) groups is 1. The quantitative estimate of drug-likeness (QED) is 0.544. The van der Waals surface area contributed by atoms with Crippen LogP contribution < -0.4 is 19.5 Å². The third kappa shape index (κ3) is 5.44. The summed E-state index contributed by atoms with van der Waals surface area (Å²) in [5.74, 6) is 1.96. The summed E-state index contributed by atoms with van der Waals surface area (Å²) < 4.78 is 17.1. The second kappa shape index (κ2) is 9.66. The van der Waals surface area contributed by atoms with Gasteiger partial charge in [-0.2, -0.15) is 0 Å². The van der Waals surface area contributed by atoms with Gasteiger partial charge in [-0.1, -0.05) is 24.3 Å². The standard InChI is InChI=1S/C24H24N2O4S/c1-16(19-7-9-22-23(13-19)29-12-11-28-22)25-24(27)10-8-18-5-3-4-6-21(18)30-14-20-15-31-17(2)26-20/h3-10,13,15-16H,11-12,14H2,1-2H3,(H,25,27)/b10-8+. The van der Waals surface area contributed by atoms with Crippen molar-refractivity contribution in [1.29, 1.82) is 0 Å². The molecular weight excluding hydrogens is 412 g/mol. The molecule has 6 nitrogen and oxygen atoms in total. The number of nitrogens with one attached hydrogen (secondary N) is 1.